The molecule has 2 N–H and O–H groups in total. The largest absolute Gasteiger partial charge is 0.464 e. The molecule has 0 unspecified atom stereocenters. The highest BCUT2D eigenvalue weighted by Gasteiger charge is 2.52. The number of aliphatic hydroxyl groups is 1. The van der Waals surface area contributed by atoms with Crippen molar-refractivity contribution in [3.05, 3.63) is 35.9 Å². The van der Waals surface area contributed by atoms with Crippen LogP contribution in [-0.2, 0) is 19.1 Å². The lowest BCUT2D eigenvalue weighted by molar-refractivity contribution is -0.144. The van der Waals surface area contributed by atoms with Crippen LogP contribution >= 0.6 is 0 Å². The zero-order valence-electron chi connectivity index (χ0n) is 14.3. The molecule has 1 aromatic carbocycles. The third kappa shape index (κ3) is 4.79. The lowest BCUT2D eigenvalue weighted by atomic mass is 9.94. The van der Waals surface area contributed by atoms with Crippen molar-refractivity contribution in [2.75, 3.05) is 6.61 Å². The number of epoxide rings is 1. The molecular weight excluding hydrogens is 310 g/mol. The Bertz CT molecular complexity index is 560. The van der Waals surface area contributed by atoms with Gasteiger partial charge in [-0.15, -0.1) is 0 Å². The number of carbonyl (C=O) groups is 2. The summed E-state index contributed by atoms with van der Waals surface area (Å²) in [6.07, 6.45) is -1.88. The van der Waals surface area contributed by atoms with Gasteiger partial charge in [0.25, 0.3) is 5.91 Å². The molecule has 0 saturated carbocycles. The van der Waals surface area contributed by atoms with Crippen LogP contribution in [0.2, 0.25) is 0 Å². The molecule has 0 aliphatic carbocycles. The molecule has 1 aliphatic heterocycles. The van der Waals surface area contributed by atoms with Crippen LogP contribution in [0.15, 0.2) is 30.3 Å². The lowest BCUT2D eigenvalue weighted by Crippen LogP contribution is -2.43. The number of aliphatic hydroxyl groups excluding tert-OH is 1. The number of hydrogen-bond acceptors (Lipinski definition) is 5. The number of esters is 1. The molecule has 4 atom stereocenters. The monoisotopic (exact) mass is 335 g/mol. The van der Waals surface area contributed by atoms with Crippen LogP contribution < -0.4 is 5.32 Å². The Morgan fingerprint density at radius 3 is 2.50 bits per heavy atom. The van der Waals surface area contributed by atoms with Crippen molar-refractivity contribution in [3.8, 4) is 0 Å². The average molecular weight is 335 g/mol. The molecule has 0 radical (unpaired) electrons. The minimum atomic E-state index is -0.835. The fraction of sp³-hybridized carbons (Fsp3) is 0.556. The molecule has 132 valence electrons. The molecule has 24 heavy (non-hydrogen) atoms. The van der Waals surface area contributed by atoms with E-state index in [2.05, 4.69) is 5.32 Å². The maximum absolute atomic E-state index is 12.3. The summed E-state index contributed by atoms with van der Waals surface area (Å²) in [5.74, 6) is -0.634. The zero-order chi connectivity index (χ0) is 17.7. The van der Waals surface area contributed by atoms with Gasteiger partial charge in [-0.2, -0.15) is 0 Å². The van der Waals surface area contributed by atoms with Crippen molar-refractivity contribution in [1.29, 1.82) is 0 Å². The first kappa shape index (κ1) is 18.4. The quantitative estimate of drug-likeness (QED) is 0.556. The number of nitrogens with one attached hydrogen (secondary N) is 1. The van der Waals surface area contributed by atoms with Crippen molar-refractivity contribution >= 4 is 11.9 Å². The first-order chi connectivity index (χ1) is 11.4. The number of benzene rings is 1. The Labute approximate surface area is 142 Å². The van der Waals surface area contributed by atoms with Gasteiger partial charge in [0.05, 0.1) is 18.8 Å². The summed E-state index contributed by atoms with van der Waals surface area (Å²) in [6, 6.07) is 8.74. The first-order valence-electron chi connectivity index (χ1n) is 8.29. The molecule has 0 bridgehead atoms. The third-order valence-corrected chi connectivity index (χ3v) is 3.84. The summed E-state index contributed by atoms with van der Waals surface area (Å²) in [4.78, 5) is 23.9. The van der Waals surface area contributed by atoms with E-state index in [9.17, 15) is 14.7 Å². The van der Waals surface area contributed by atoms with Gasteiger partial charge in [0.15, 0.2) is 12.2 Å². The Morgan fingerprint density at radius 1 is 1.25 bits per heavy atom. The number of rotatable bonds is 8. The molecule has 1 amide bonds. The van der Waals surface area contributed by atoms with Crippen molar-refractivity contribution in [1.82, 2.24) is 5.32 Å². The summed E-state index contributed by atoms with van der Waals surface area (Å²) in [5.41, 5.74) is 0.738. The molecule has 1 fully saturated rings. The summed E-state index contributed by atoms with van der Waals surface area (Å²) in [5, 5.41) is 13.4. The molecule has 1 saturated heterocycles. The van der Waals surface area contributed by atoms with E-state index in [1.807, 2.05) is 44.2 Å². The van der Waals surface area contributed by atoms with Crippen LogP contribution in [0.25, 0.3) is 0 Å². The van der Waals surface area contributed by atoms with Crippen molar-refractivity contribution < 1.29 is 24.2 Å². The Balaban J connectivity index is 1.99. The van der Waals surface area contributed by atoms with Gasteiger partial charge in [-0.05, 0) is 24.8 Å². The molecule has 6 heteroatoms. The van der Waals surface area contributed by atoms with Crippen LogP contribution in [0.4, 0.5) is 0 Å². The highest BCUT2D eigenvalue weighted by Crippen LogP contribution is 2.26. The highest BCUT2D eigenvalue weighted by molar-refractivity contribution is 5.92. The molecule has 2 rings (SSSR count). The first-order valence-corrected chi connectivity index (χ1v) is 8.29. The van der Waals surface area contributed by atoms with E-state index in [4.69, 9.17) is 9.47 Å². The van der Waals surface area contributed by atoms with Gasteiger partial charge in [-0.3, -0.25) is 4.79 Å². The minimum Gasteiger partial charge on any atom is -0.464 e. The second kappa shape index (κ2) is 8.26. The van der Waals surface area contributed by atoms with Crippen molar-refractivity contribution in [2.24, 2.45) is 5.92 Å². The van der Waals surface area contributed by atoms with Gasteiger partial charge in [0.1, 0.15) is 0 Å². The molecular formula is C18H25NO5. The van der Waals surface area contributed by atoms with E-state index in [0.29, 0.717) is 6.42 Å². The van der Waals surface area contributed by atoms with E-state index in [0.717, 1.165) is 5.56 Å². The SMILES string of the molecule is CCOC(=O)[C@H]1O[C@@H]1C(=O)N[C@@H](CC(C)C)[C@H](O)c1ccccc1. The second-order valence-corrected chi connectivity index (χ2v) is 6.33. The summed E-state index contributed by atoms with van der Waals surface area (Å²) < 4.78 is 9.96. The fourth-order valence-electron chi connectivity index (χ4n) is 2.64. The van der Waals surface area contributed by atoms with Crippen LogP contribution in [0.3, 0.4) is 0 Å². The molecule has 1 aromatic rings. The van der Waals surface area contributed by atoms with Crippen LogP contribution in [0, 0.1) is 5.92 Å². The number of amides is 1. The maximum atomic E-state index is 12.3. The Hall–Kier alpha value is -1.92. The van der Waals surface area contributed by atoms with Gasteiger partial charge >= 0.3 is 5.97 Å². The van der Waals surface area contributed by atoms with Gasteiger partial charge in [-0.1, -0.05) is 44.2 Å². The van der Waals surface area contributed by atoms with E-state index >= 15 is 0 Å². The molecule has 0 aromatic heterocycles. The lowest BCUT2D eigenvalue weighted by Gasteiger charge is -2.26. The fourth-order valence-corrected chi connectivity index (χ4v) is 2.64. The van der Waals surface area contributed by atoms with Gasteiger partial charge in [0, 0.05) is 0 Å². The third-order valence-electron chi connectivity index (χ3n) is 3.84. The van der Waals surface area contributed by atoms with E-state index in [-0.39, 0.29) is 12.5 Å². The minimum absolute atomic E-state index is 0.246. The summed E-state index contributed by atoms with van der Waals surface area (Å²) >= 11 is 0. The zero-order valence-corrected chi connectivity index (χ0v) is 14.3. The number of ether oxygens (including phenoxy) is 2. The highest BCUT2D eigenvalue weighted by atomic mass is 16.6. The normalized spacial score (nSPS) is 21.9. The van der Waals surface area contributed by atoms with E-state index < -0.39 is 36.2 Å². The smallest absolute Gasteiger partial charge is 0.338 e. The molecule has 6 nitrogen and oxygen atoms in total. The predicted molar refractivity (Wildman–Crippen MR) is 88.1 cm³/mol. The van der Waals surface area contributed by atoms with Gasteiger partial charge in [0.2, 0.25) is 0 Å². The van der Waals surface area contributed by atoms with E-state index in [1.54, 1.807) is 6.92 Å². The molecule has 0 spiro atoms. The standard InChI is InChI=1S/C18H25NO5/c1-4-23-18(22)16-15(24-16)17(21)19-13(10-11(2)3)14(20)12-8-6-5-7-9-12/h5-9,11,13-16,20H,4,10H2,1-3H3,(H,19,21)/t13-,14+,15-,16-/m0/s1. The second-order valence-electron chi connectivity index (χ2n) is 6.33. The van der Waals surface area contributed by atoms with E-state index in [1.165, 1.54) is 0 Å². The maximum Gasteiger partial charge on any atom is 0.338 e. The summed E-state index contributed by atoms with van der Waals surface area (Å²) in [7, 11) is 0. The Kier molecular flexibility index (Phi) is 6.34. The Morgan fingerprint density at radius 2 is 1.92 bits per heavy atom. The van der Waals surface area contributed by atoms with Crippen LogP contribution in [0.1, 0.15) is 38.9 Å². The molecule has 1 heterocycles. The van der Waals surface area contributed by atoms with Gasteiger partial charge in [-0.25, -0.2) is 4.79 Å². The van der Waals surface area contributed by atoms with Crippen LogP contribution in [0.5, 0.6) is 0 Å². The van der Waals surface area contributed by atoms with Gasteiger partial charge < -0.3 is 19.9 Å². The molecule has 1 aliphatic rings. The predicted octanol–water partition coefficient (Wildman–Crippen LogP) is 1.58. The number of carbonyl (C=O) groups excluding carboxylic acids is 2. The van der Waals surface area contributed by atoms with Crippen molar-refractivity contribution in [2.45, 2.75) is 51.5 Å². The summed E-state index contributed by atoms with van der Waals surface area (Å²) in [6.45, 7) is 5.98. The number of hydrogen-bond donors (Lipinski definition) is 2. The van der Waals surface area contributed by atoms with Crippen LogP contribution in [-0.4, -0.2) is 41.8 Å². The topological polar surface area (TPSA) is 88.2 Å². The van der Waals surface area contributed by atoms with Crippen molar-refractivity contribution in [3.63, 3.8) is 0 Å². The average Bonchev–Trinajstić information content (AvgIpc) is 3.35.